The summed E-state index contributed by atoms with van der Waals surface area (Å²) in [5.74, 6) is -0.126. The van der Waals surface area contributed by atoms with Crippen molar-refractivity contribution in [3.8, 4) is 0 Å². The highest BCUT2D eigenvalue weighted by atomic mass is 19.1. The molecule has 150 valence electrons. The molecule has 0 aromatic heterocycles. The molecule has 0 aromatic rings. The summed E-state index contributed by atoms with van der Waals surface area (Å²) in [6.07, 6.45) is 2.56. The Labute approximate surface area is 160 Å². The van der Waals surface area contributed by atoms with E-state index in [-0.39, 0.29) is 46.8 Å². The van der Waals surface area contributed by atoms with Crippen LogP contribution in [0.3, 0.4) is 0 Å². The van der Waals surface area contributed by atoms with Crippen LogP contribution < -0.4 is 0 Å². The number of ether oxygens (including phenoxy) is 1. The maximum absolute atomic E-state index is 15.2. The fourth-order valence-electron chi connectivity index (χ4n) is 7.69. The molecule has 27 heavy (non-hydrogen) atoms. The SMILES string of the molecule is COC(=O)[C@H]1[C@H](C)C[C@H]2[C@@H]3C[C@H](F)C4=CC(=O)CC[C@]4(C)[C@H]3[C@@H](O)C[C@@]21C. The number of ketones is 1. The van der Waals surface area contributed by atoms with Gasteiger partial charge in [-0.1, -0.05) is 20.8 Å². The second-order valence-electron chi connectivity index (χ2n) is 9.97. The minimum atomic E-state index is -1.14. The van der Waals surface area contributed by atoms with Crippen molar-refractivity contribution in [3.05, 3.63) is 11.6 Å². The molecule has 3 fully saturated rings. The predicted molar refractivity (Wildman–Crippen MR) is 98.4 cm³/mol. The summed E-state index contributed by atoms with van der Waals surface area (Å²) in [5.41, 5.74) is -0.239. The van der Waals surface area contributed by atoms with Gasteiger partial charge in [0.25, 0.3) is 0 Å². The minimum absolute atomic E-state index is 0.000966. The van der Waals surface area contributed by atoms with Crippen molar-refractivity contribution in [2.75, 3.05) is 7.11 Å². The molecule has 4 aliphatic carbocycles. The lowest BCUT2D eigenvalue weighted by atomic mass is 9.45. The third-order valence-electron chi connectivity index (χ3n) is 8.67. The van der Waals surface area contributed by atoms with Gasteiger partial charge in [-0.25, -0.2) is 4.39 Å². The van der Waals surface area contributed by atoms with E-state index < -0.39 is 17.7 Å². The molecule has 0 radical (unpaired) electrons. The molecule has 0 unspecified atom stereocenters. The van der Waals surface area contributed by atoms with Crippen LogP contribution in [0.4, 0.5) is 4.39 Å². The average Bonchev–Trinajstić information content (AvgIpc) is 2.85. The Hall–Kier alpha value is -1.23. The van der Waals surface area contributed by atoms with E-state index in [4.69, 9.17) is 4.74 Å². The molecular formula is C22H31FO4. The molecule has 1 N–H and O–H groups in total. The quantitative estimate of drug-likeness (QED) is 0.710. The Bertz CT molecular complexity index is 702. The average molecular weight is 378 g/mol. The Balaban J connectivity index is 1.76. The first-order chi connectivity index (χ1) is 12.6. The summed E-state index contributed by atoms with van der Waals surface area (Å²) in [6, 6.07) is 0. The second kappa shape index (κ2) is 6.13. The summed E-state index contributed by atoms with van der Waals surface area (Å²) in [4.78, 5) is 24.4. The molecule has 0 aliphatic heterocycles. The van der Waals surface area contributed by atoms with Crippen molar-refractivity contribution in [2.24, 2.45) is 40.4 Å². The number of carbonyl (C=O) groups is 2. The zero-order valence-corrected chi connectivity index (χ0v) is 16.7. The van der Waals surface area contributed by atoms with Crippen LogP contribution in [-0.4, -0.2) is 36.2 Å². The first kappa shape index (κ1) is 19.1. The van der Waals surface area contributed by atoms with Crippen molar-refractivity contribution in [2.45, 2.75) is 65.2 Å². The Morgan fingerprint density at radius 1 is 1.33 bits per heavy atom. The summed E-state index contributed by atoms with van der Waals surface area (Å²) in [7, 11) is 1.42. The molecule has 3 saturated carbocycles. The standard InChI is InChI=1S/C22H31FO4/c1-11-7-14-13-9-16(23)15-8-12(24)5-6-21(15,2)19(13)17(25)10-22(14,3)18(11)20(26)27-4/h8,11,13-14,16-19,25H,5-7,9-10H2,1-4H3/t11-,13+,14+,16+,17+,18-,19-,21+,22+/m1/s1. The zero-order valence-electron chi connectivity index (χ0n) is 16.7. The number of aliphatic hydroxyl groups is 1. The van der Waals surface area contributed by atoms with Crippen LogP contribution in [0.2, 0.25) is 0 Å². The highest BCUT2D eigenvalue weighted by molar-refractivity contribution is 5.92. The summed E-state index contributed by atoms with van der Waals surface area (Å²) in [6.45, 7) is 6.21. The van der Waals surface area contributed by atoms with Gasteiger partial charge in [0.2, 0.25) is 0 Å². The van der Waals surface area contributed by atoms with E-state index in [1.807, 2.05) is 6.92 Å². The third-order valence-corrected chi connectivity index (χ3v) is 8.67. The van der Waals surface area contributed by atoms with Crippen LogP contribution in [0, 0.1) is 40.4 Å². The number of halogens is 1. The third kappa shape index (κ3) is 2.49. The number of hydrogen-bond donors (Lipinski definition) is 1. The van der Waals surface area contributed by atoms with Crippen molar-refractivity contribution in [3.63, 3.8) is 0 Å². The normalized spacial score (nSPS) is 51.7. The number of esters is 1. The highest BCUT2D eigenvalue weighted by Gasteiger charge is 2.66. The van der Waals surface area contributed by atoms with E-state index in [9.17, 15) is 14.7 Å². The zero-order chi connectivity index (χ0) is 19.7. The van der Waals surface area contributed by atoms with Gasteiger partial charge in [0.1, 0.15) is 6.17 Å². The van der Waals surface area contributed by atoms with Crippen molar-refractivity contribution in [1.82, 2.24) is 0 Å². The molecule has 4 rings (SSSR count). The van der Waals surface area contributed by atoms with Crippen LogP contribution in [0.15, 0.2) is 11.6 Å². The lowest BCUT2D eigenvalue weighted by Gasteiger charge is -2.60. The van der Waals surface area contributed by atoms with Gasteiger partial charge in [-0.15, -0.1) is 0 Å². The largest absolute Gasteiger partial charge is 0.469 e. The second-order valence-corrected chi connectivity index (χ2v) is 9.97. The molecule has 0 heterocycles. The summed E-state index contributed by atoms with van der Waals surface area (Å²) < 4.78 is 20.3. The fourth-order valence-corrected chi connectivity index (χ4v) is 7.69. The minimum Gasteiger partial charge on any atom is -0.469 e. The van der Waals surface area contributed by atoms with Crippen molar-refractivity contribution < 1.29 is 23.8 Å². The molecule has 0 aromatic carbocycles. The lowest BCUT2D eigenvalue weighted by Crippen LogP contribution is -2.59. The molecule has 5 heteroatoms. The van der Waals surface area contributed by atoms with E-state index >= 15 is 4.39 Å². The number of fused-ring (bicyclic) bond motifs is 5. The Kier molecular flexibility index (Phi) is 4.34. The van der Waals surface area contributed by atoms with Crippen LogP contribution in [0.25, 0.3) is 0 Å². The van der Waals surface area contributed by atoms with Crippen molar-refractivity contribution in [1.29, 1.82) is 0 Å². The van der Waals surface area contributed by atoms with Gasteiger partial charge < -0.3 is 9.84 Å². The number of allylic oxidation sites excluding steroid dienone is 1. The summed E-state index contributed by atoms with van der Waals surface area (Å²) in [5, 5.41) is 11.2. The van der Waals surface area contributed by atoms with E-state index in [1.54, 1.807) is 0 Å². The summed E-state index contributed by atoms with van der Waals surface area (Å²) >= 11 is 0. The maximum Gasteiger partial charge on any atom is 0.309 e. The first-order valence-electron chi connectivity index (χ1n) is 10.3. The van der Waals surface area contributed by atoms with Gasteiger partial charge in [0, 0.05) is 6.42 Å². The molecule has 9 atom stereocenters. The molecule has 0 amide bonds. The van der Waals surface area contributed by atoms with E-state index in [0.717, 1.165) is 6.42 Å². The predicted octanol–water partition coefficient (Wildman–Crippen LogP) is 3.47. The molecule has 0 bridgehead atoms. The van der Waals surface area contributed by atoms with Crippen LogP contribution >= 0.6 is 0 Å². The van der Waals surface area contributed by atoms with Gasteiger partial charge >= 0.3 is 5.97 Å². The van der Waals surface area contributed by atoms with Gasteiger partial charge in [0.05, 0.1) is 19.1 Å². The lowest BCUT2D eigenvalue weighted by molar-refractivity contribution is -0.164. The molecule has 0 saturated heterocycles. The molecule has 4 nitrogen and oxygen atoms in total. The van der Waals surface area contributed by atoms with E-state index in [0.29, 0.717) is 31.3 Å². The van der Waals surface area contributed by atoms with Gasteiger partial charge in [-0.3, -0.25) is 9.59 Å². The Morgan fingerprint density at radius 3 is 2.70 bits per heavy atom. The van der Waals surface area contributed by atoms with Gasteiger partial charge in [-0.05, 0) is 71.8 Å². The van der Waals surface area contributed by atoms with Gasteiger partial charge in [-0.2, -0.15) is 0 Å². The Morgan fingerprint density at radius 2 is 2.04 bits per heavy atom. The van der Waals surface area contributed by atoms with Crippen molar-refractivity contribution >= 4 is 11.8 Å². The topological polar surface area (TPSA) is 63.6 Å². The van der Waals surface area contributed by atoms with Crippen LogP contribution in [-0.2, 0) is 14.3 Å². The number of rotatable bonds is 1. The van der Waals surface area contributed by atoms with Crippen LogP contribution in [0.1, 0.15) is 52.9 Å². The molecule has 4 aliphatic rings. The monoisotopic (exact) mass is 378 g/mol. The number of methoxy groups -OCH3 is 1. The highest BCUT2D eigenvalue weighted by Crippen LogP contribution is 2.68. The number of aliphatic hydroxyl groups excluding tert-OH is 1. The van der Waals surface area contributed by atoms with E-state index in [2.05, 4.69) is 13.8 Å². The first-order valence-corrected chi connectivity index (χ1v) is 10.3. The number of carbonyl (C=O) groups excluding carboxylic acids is 2. The molecule has 0 spiro atoms. The number of alkyl halides is 1. The number of hydrogen-bond acceptors (Lipinski definition) is 4. The van der Waals surface area contributed by atoms with Gasteiger partial charge in [0.15, 0.2) is 5.78 Å². The molecular weight excluding hydrogens is 347 g/mol. The smallest absolute Gasteiger partial charge is 0.309 e. The fraction of sp³-hybridized carbons (Fsp3) is 0.818. The van der Waals surface area contributed by atoms with E-state index in [1.165, 1.54) is 13.2 Å². The maximum atomic E-state index is 15.2. The van der Waals surface area contributed by atoms with Crippen LogP contribution in [0.5, 0.6) is 0 Å².